The van der Waals surface area contributed by atoms with Crippen molar-refractivity contribution < 1.29 is 27.5 Å². The highest BCUT2D eigenvalue weighted by Gasteiger charge is 2.46. The Labute approximate surface area is 205 Å². The lowest BCUT2D eigenvalue weighted by molar-refractivity contribution is -0.120. The number of benzene rings is 2. The molecular formula is C25H29N3O6S. The van der Waals surface area contributed by atoms with E-state index in [-0.39, 0.29) is 35.3 Å². The lowest BCUT2D eigenvalue weighted by atomic mass is 10.1. The van der Waals surface area contributed by atoms with Gasteiger partial charge in [0.05, 0.1) is 18.1 Å². The zero-order chi connectivity index (χ0) is 25.0. The number of rotatable bonds is 9. The van der Waals surface area contributed by atoms with E-state index in [1.807, 2.05) is 24.3 Å². The van der Waals surface area contributed by atoms with E-state index in [9.17, 15) is 18.0 Å². The fraction of sp³-hybridized carbons (Fsp3) is 0.360. The number of nitrogens with zero attached hydrogens (tertiary/aromatic N) is 1. The van der Waals surface area contributed by atoms with Gasteiger partial charge in [-0.2, -0.15) is 4.31 Å². The van der Waals surface area contributed by atoms with Gasteiger partial charge in [0.2, 0.25) is 15.9 Å². The Hall–Kier alpha value is -3.21. The second-order valence-corrected chi connectivity index (χ2v) is 10.5. The molecule has 0 aliphatic carbocycles. The summed E-state index contributed by atoms with van der Waals surface area (Å²) in [5, 5.41) is 5.55. The van der Waals surface area contributed by atoms with Crippen LogP contribution in [0.5, 0.6) is 5.75 Å². The molecule has 0 bridgehead atoms. The molecule has 2 fully saturated rings. The first kappa shape index (κ1) is 24.9. The van der Waals surface area contributed by atoms with Crippen molar-refractivity contribution in [2.24, 2.45) is 5.92 Å². The number of sulfonamides is 1. The smallest absolute Gasteiger partial charge is 0.251 e. The van der Waals surface area contributed by atoms with Gasteiger partial charge >= 0.3 is 0 Å². The number of amides is 2. The molecule has 2 saturated heterocycles. The quantitative estimate of drug-likeness (QED) is 0.508. The van der Waals surface area contributed by atoms with Crippen molar-refractivity contribution in [3.63, 3.8) is 0 Å². The third-order valence-corrected chi connectivity index (χ3v) is 8.16. The van der Waals surface area contributed by atoms with Crippen LogP contribution < -0.4 is 15.4 Å². The molecule has 3 unspecified atom stereocenters. The minimum absolute atomic E-state index is 0.00757. The predicted octanol–water partition coefficient (Wildman–Crippen LogP) is 1.71. The van der Waals surface area contributed by atoms with Crippen LogP contribution in [-0.2, 0) is 26.0 Å². The third kappa shape index (κ3) is 5.55. The van der Waals surface area contributed by atoms with E-state index in [0.29, 0.717) is 31.5 Å². The van der Waals surface area contributed by atoms with Crippen molar-refractivity contribution >= 4 is 21.8 Å². The van der Waals surface area contributed by atoms with Crippen molar-refractivity contribution in [1.82, 2.24) is 14.9 Å². The first-order valence-corrected chi connectivity index (χ1v) is 12.8. The molecule has 2 aliphatic heterocycles. The molecule has 2 heterocycles. The van der Waals surface area contributed by atoms with Gasteiger partial charge < -0.3 is 20.1 Å². The number of hydrogen-bond donors (Lipinski definition) is 2. The van der Waals surface area contributed by atoms with Gasteiger partial charge in [-0.25, -0.2) is 8.42 Å². The minimum atomic E-state index is -3.72. The summed E-state index contributed by atoms with van der Waals surface area (Å²) in [7, 11) is -2.12. The average molecular weight is 500 g/mol. The SMILES string of the molecule is C=CC(=O)NC1CC2CN(S(=O)(=O)c3ccc(C(=O)NCCc4ccccc4OC)cc3)CC2O1. The largest absolute Gasteiger partial charge is 0.496 e. The van der Waals surface area contributed by atoms with E-state index >= 15 is 0 Å². The van der Waals surface area contributed by atoms with Crippen LogP contribution in [0.2, 0.25) is 0 Å². The van der Waals surface area contributed by atoms with Crippen LogP contribution in [-0.4, -0.2) is 63.6 Å². The van der Waals surface area contributed by atoms with Gasteiger partial charge in [0.1, 0.15) is 12.0 Å². The lowest BCUT2D eigenvalue weighted by Gasteiger charge is -2.19. The molecule has 0 radical (unpaired) electrons. The molecule has 10 heteroatoms. The average Bonchev–Trinajstić information content (AvgIpc) is 3.43. The normalized spacial score (nSPS) is 21.8. The van der Waals surface area contributed by atoms with Crippen molar-refractivity contribution in [3.8, 4) is 5.75 Å². The molecule has 4 rings (SSSR count). The fourth-order valence-electron chi connectivity index (χ4n) is 4.48. The topological polar surface area (TPSA) is 114 Å². The molecule has 3 atom stereocenters. The van der Waals surface area contributed by atoms with Crippen LogP contribution in [0.25, 0.3) is 0 Å². The highest BCUT2D eigenvalue weighted by Crippen LogP contribution is 2.35. The van der Waals surface area contributed by atoms with Gasteiger partial charge in [0.15, 0.2) is 0 Å². The Bertz CT molecular complexity index is 1180. The van der Waals surface area contributed by atoms with Gasteiger partial charge in [0, 0.05) is 31.1 Å². The van der Waals surface area contributed by atoms with Gasteiger partial charge in [-0.3, -0.25) is 9.59 Å². The van der Waals surface area contributed by atoms with Gasteiger partial charge in [-0.05, 0) is 54.8 Å². The molecule has 2 aromatic rings. The van der Waals surface area contributed by atoms with Gasteiger partial charge in [-0.15, -0.1) is 0 Å². The van der Waals surface area contributed by atoms with E-state index in [2.05, 4.69) is 17.2 Å². The zero-order valence-electron chi connectivity index (χ0n) is 19.5. The fourth-order valence-corrected chi connectivity index (χ4v) is 5.99. The van der Waals surface area contributed by atoms with E-state index in [1.165, 1.54) is 34.6 Å². The number of hydrogen-bond acceptors (Lipinski definition) is 6. The maximum absolute atomic E-state index is 13.1. The Morgan fingerprint density at radius 3 is 2.60 bits per heavy atom. The van der Waals surface area contributed by atoms with Crippen molar-refractivity contribution in [2.75, 3.05) is 26.7 Å². The summed E-state index contributed by atoms with van der Waals surface area (Å²) in [6.07, 6.45) is 1.64. The zero-order valence-corrected chi connectivity index (χ0v) is 20.3. The molecular weight excluding hydrogens is 470 g/mol. The number of fused-ring (bicyclic) bond motifs is 1. The predicted molar refractivity (Wildman–Crippen MR) is 129 cm³/mol. The second-order valence-electron chi connectivity index (χ2n) is 8.54. The maximum atomic E-state index is 13.1. The molecule has 9 nitrogen and oxygen atoms in total. The number of carbonyl (C=O) groups excluding carboxylic acids is 2. The van der Waals surface area contributed by atoms with Crippen LogP contribution in [0.4, 0.5) is 0 Å². The van der Waals surface area contributed by atoms with E-state index in [0.717, 1.165) is 11.3 Å². The molecule has 2 aliphatic rings. The van der Waals surface area contributed by atoms with Crippen molar-refractivity contribution in [3.05, 3.63) is 72.3 Å². The van der Waals surface area contributed by atoms with Crippen LogP contribution in [0, 0.1) is 5.92 Å². The highest BCUT2D eigenvalue weighted by atomic mass is 32.2. The van der Waals surface area contributed by atoms with Crippen molar-refractivity contribution in [2.45, 2.75) is 30.1 Å². The minimum Gasteiger partial charge on any atom is -0.496 e. The van der Waals surface area contributed by atoms with Crippen LogP contribution >= 0.6 is 0 Å². The first-order chi connectivity index (χ1) is 16.8. The maximum Gasteiger partial charge on any atom is 0.251 e. The van der Waals surface area contributed by atoms with Gasteiger partial charge in [0.25, 0.3) is 5.91 Å². The van der Waals surface area contributed by atoms with Crippen LogP contribution in [0.1, 0.15) is 22.3 Å². The molecule has 0 saturated carbocycles. The Kier molecular flexibility index (Phi) is 7.54. The monoisotopic (exact) mass is 499 g/mol. The van der Waals surface area contributed by atoms with Crippen LogP contribution in [0.15, 0.2) is 66.1 Å². The highest BCUT2D eigenvalue weighted by molar-refractivity contribution is 7.89. The molecule has 35 heavy (non-hydrogen) atoms. The Balaban J connectivity index is 1.31. The van der Waals surface area contributed by atoms with Crippen LogP contribution in [0.3, 0.4) is 0 Å². The van der Waals surface area contributed by atoms with E-state index in [4.69, 9.17) is 9.47 Å². The Morgan fingerprint density at radius 1 is 1.17 bits per heavy atom. The Morgan fingerprint density at radius 2 is 1.91 bits per heavy atom. The number of methoxy groups -OCH3 is 1. The first-order valence-electron chi connectivity index (χ1n) is 11.4. The summed E-state index contributed by atoms with van der Waals surface area (Å²) in [6, 6.07) is 13.5. The lowest BCUT2D eigenvalue weighted by Crippen LogP contribution is -2.37. The molecule has 0 spiro atoms. The summed E-state index contributed by atoms with van der Waals surface area (Å²) in [5.74, 6) is 0.182. The number of ether oxygens (including phenoxy) is 2. The van der Waals surface area contributed by atoms with Crippen molar-refractivity contribution in [1.29, 1.82) is 0 Å². The number of nitrogens with one attached hydrogen (secondary N) is 2. The summed E-state index contributed by atoms with van der Waals surface area (Å²) in [6.45, 7) is 4.38. The molecule has 2 N–H and O–H groups in total. The molecule has 186 valence electrons. The third-order valence-electron chi connectivity index (χ3n) is 6.32. The molecule has 2 amide bonds. The summed E-state index contributed by atoms with van der Waals surface area (Å²) in [5.41, 5.74) is 1.37. The van der Waals surface area contributed by atoms with E-state index < -0.39 is 16.3 Å². The summed E-state index contributed by atoms with van der Waals surface area (Å²) < 4.78 is 38.8. The van der Waals surface area contributed by atoms with Gasteiger partial charge in [-0.1, -0.05) is 24.8 Å². The molecule has 0 aromatic heterocycles. The summed E-state index contributed by atoms with van der Waals surface area (Å²) >= 11 is 0. The van der Waals surface area contributed by atoms with E-state index in [1.54, 1.807) is 7.11 Å². The number of carbonyl (C=O) groups is 2. The second kappa shape index (κ2) is 10.6. The standard InChI is InChI=1S/C25H29N3O6S/c1-3-23(29)27-24-14-19-15-28(16-22(19)34-24)35(31,32)20-10-8-18(9-11-20)25(30)26-13-12-17-6-4-5-7-21(17)33-2/h3-11,19,22,24H,1,12-16H2,2H3,(H,26,30)(H,27,29). The molecule has 2 aromatic carbocycles. The number of para-hydroxylation sites is 1. The summed E-state index contributed by atoms with van der Waals surface area (Å²) in [4.78, 5) is 24.1.